The molecule has 0 unspecified atom stereocenters. The Morgan fingerprint density at radius 3 is 2.19 bits per heavy atom. The number of rotatable bonds is 9. The van der Waals surface area contributed by atoms with Gasteiger partial charge >= 0.3 is 5.97 Å². The SMILES string of the molecule is Cc1cc(C)c(C)c(S(=O)(=O)NCCC(=O)OCC(=O)c2cc(C)n(C3CC3)c2C)c1C. The molecule has 1 aliphatic carbocycles. The third-order valence-corrected chi connectivity index (χ3v) is 7.98. The highest BCUT2D eigenvalue weighted by atomic mass is 32.2. The summed E-state index contributed by atoms with van der Waals surface area (Å²) < 4.78 is 35.4. The van der Waals surface area contributed by atoms with E-state index in [0.717, 1.165) is 35.4 Å². The predicted molar refractivity (Wildman–Crippen MR) is 123 cm³/mol. The minimum atomic E-state index is -3.77. The van der Waals surface area contributed by atoms with Crippen molar-refractivity contribution in [2.75, 3.05) is 13.2 Å². The summed E-state index contributed by atoms with van der Waals surface area (Å²) in [6.45, 7) is 10.7. The molecule has 3 rings (SSSR count). The third-order valence-electron chi connectivity index (χ3n) is 6.25. The second-order valence-corrected chi connectivity index (χ2v) is 10.4. The standard InChI is InChI=1S/C24H32N2O5S/c1-14-11-15(2)18(5)24(17(14)4)32(29,30)25-10-9-23(28)31-13-22(27)21-12-16(3)26(19(21)6)20-7-8-20/h11-12,20,25H,7-10,13H2,1-6H3. The van der Waals surface area contributed by atoms with Gasteiger partial charge in [0.15, 0.2) is 6.61 Å². The molecule has 7 nitrogen and oxygen atoms in total. The number of sulfonamides is 1. The van der Waals surface area contributed by atoms with Gasteiger partial charge in [-0.1, -0.05) is 6.07 Å². The number of nitrogens with zero attached hydrogens (tertiary/aromatic N) is 1. The second kappa shape index (κ2) is 9.19. The summed E-state index contributed by atoms with van der Waals surface area (Å²) in [4.78, 5) is 24.9. The lowest BCUT2D eigenvalue weighted by Gasteiger charge is -2.16. The number of nitrogens with one attached hydrogen (secondary N) is 1. The van der Waals surface area contributed by atoms with Gasteiger partial charge in [-0.3, -0.25) is 9.59 Å². The number of hydrogen-bond donors (Lipinski definition) is 1. The number of ketones is 1. The second-order valence-electron chi connectivity index (χ2n) is 8.71. The molecule has 1 aliphatic rings. The minimum Gasteiger partial charge on any atom is -0.457 e. The van der Waals surface area contributed by atoms with E-state index in [1.807, 2.05) is 39.8 Å². The Morgan fingerprint density at radius 2 is 1.62 bits per heavy atom. The molecule has 174 valence electrons. The molecule has 1 aromatic carbocycles. The van der Waals surface area contributed by atoms with E-state index < -0.39 is 16.0 Å². The van der Waals surface area contributed by atoms with Gasteiger partial charge in [-0.2, -0.15) is 0 Å². The fourth-order valence-electron chi connectivity index (χ4n) is 4.19. The molecule has 2 aromatic rings. The molecule has 1 aromatic heterocycles. The molecular weight excluding hydrogens is 428 g/mol. The van der Waals surface area contributed by atoms with Crippen LogP contribution in [0.2, 0.25) is 0 Å². The number of aromatic nitrogens is 1. The number of hydrogen-bond acceptors (Lipinski definition) is 5. The Balaban J connectivity index is 1.55. The number of benzene rings is 1. The van der Waals surface area contributed by atoms with Gasteiger partial charge in [0.25, 0.3) is 0 Å². The van der Waals surface area contributed by atoms with Gasteiger partial charge in [0.1, 0.15) is 0 Å². The maximum Gasteiger partial charge on any atom is 0.307 e. The van der Waals surface area contributed by atoms with Gasteiger partial charge < -0.3 is 9.30 Å². The molecule has 1 heterocycles. The van der Waals surface area contributed by atoms with Crippen LogP contribution in [-0.4, -0.2) is 37.9 Å². The molecule has 0 radical (unpaired) electrons. The first kappa shape index (κ1) is 24.2. The highest BCUT2D eigenvalue weighted by Crippen LogP contribution is 2.38. The van der Waals surface area contributed by atoms with E-state index in [-0.39, 0.29) is 30.3 Å². The molecule has 0 spiro atoms. The lowest BCUT2D eigenvalue weighted by Crippen LogP contribution is -2.28. The molecule has 0 bridgehead atoms. The molecule has 1 N–H and O–H groups in total. The van der Waals surface area contributed by atoms with Crippen molar-refractivity contribution >= 4 is 21.8 Å². The van der Waals surface area contributed by atoms with Crippen LogP contribution in [0.3, 0.4) is 0 Å². The normalized spacial score (nSPS) is 13.9. The lowest BCUT2D eigenvalue weighted by molar-refractivity contribution is -0.142. The molecule has 1 saturated carbocycles. The Morgan fingerprint density at radius 1 is 1.03 bits per heavy atom. The van der Waals surface area contributed by atoms with Gasteiger partial charge in [-0.15, -0.1) is 0 Å². The monoisotopic (exact) mass is 460 g/mol. The number of Topliss-reactive ketones (excluding diaryl/α,β-unsaturated/α-hetero) is 1. The number of carbonyl (C=O) groups excluding carboxylic acids is 2. The summed E-state index contributed by atoms with van der Waals surface area (Å²) in [5.41, 5.74) is 5.68. The quantitative estimate of drug-likeness (QED) is 0.454. The highest BCUT2D eigenvalue weighted by molar-refractivity contribution is 7.89. The highest BCUT2D eigenvalue weighted by Gasteiger charge is 2.28. The maximum absolute atomic E-state index is 12.8. The van der Waals surface area contributed by atoms with Crippen molar-refractivity contribution in [2.45, 2.75) is 71.7 Å². The van der Waals surface area contributed by atoms with Crippen molar-refractivity contribution in [3.05, 3.63) is 51.3 Å². The van der Waals surface area contributed by atoms with Gasteiger partial charge in [-0.25, -0.2) is 13.1 Å². The third kappa shape index (κ3) is 4.96. The van der Waals surface area contributed by atoms with E-state index >= 15 is 0 Å². The number of carbonyl (C=O) groups is 2. The molecule has 32 heavy (non-hydrogen) atoms. The first-order chi connectivity index (χ1) is 14.9. The van der Waals surface area contributed by atoms with Gasteiger partial charge in [0, 0.05) is 29.5 Å². The Labute approximate surface area is 190 Å². The number of esters is 1. The fourth-order valence-corrected chi connectivity index (χ4v) is 5.84. The van der Waals surface area contributed by atoms with Crippen molar-refractivity contribution in [3.8, 4) is 0 Å². The molecule has 0 atom stereocenters. The summed E-state index contributed by atoms with van der Waals surface area (Å²) in [6.07, 6.45) is 2.09. The van der Waals surface area contributed by atoms with E-state index in [0.29, 0.717) is 22.7 Å². The van der Waals surface area contributed by atoms with Crippen LogP contribution in [0.1, 0.15) is 69.3 Å². The van der Waals surface area contributed by atoms with Crippen LogP contribution >= 0.6 is 0 Å². The molecule has 0 aliphatic heterocycles. The van der Waals surface area contributed by atoms with Crippen LogP contribution in [0, 0.1) is 41.5 Å². The van der Waals surface area contributed by atoms with Gasteiger partial charge in [0.05, 0.1) is 11.3 Å². The lowest BCUT2D eigenvalue weighted by atomic mass is 10.0. The van der Waals surface area contributed by atoms with Crippen molar-refractivity contribution < 1.29 is 22.7 Å². The summed E-state index contributed by atoms with van der Waals surface area (Å²) in [6, 6.07) is 4.27. The van der Waals surface area contributed by atoms with Gasteiger partial charge in [-0.05, 0) is 82.7 Å². The topological polar surface area (TPSA) is 94.5 Å². The van der Waals surface area contributed by atoms with Crippen LogP contribution in [0.15, 0.2) is 17.0 Å². The first-order valence-corrected chi connectivity index (χ1v) is 12.4. The number of ether oxygens (including phenoxy) is 1. The molecular formula is C24H32N2O5S. The Kier molecular flexibility index (Phi) is 6.95. The zero-order valence-electron chi connectivity index (χ0n) is 19.7. The molecule has 0 amide bonds. The smallest absolute Gasteiger partial charge is 0.307 e. The van der Waals surface area contributed by atoms with Crippen LogP contribution < -0.4 is 4.72 Å². The van der Waals surface area contributed by atoms with Crippen LogP contribution in [0.5, 0.6) is 0 Å². The van der Waals surface area contributed by atoms with Crippen molar-refractivity contribution in [3.63, 3.8) is 0 Å². The fraction of sp³-hybridized carbons (Fsp3) is 0.500. The van der Waals surface area contributed by atoms with E-state index in [9.17, 15) is 18.0 Å². The summed E-state index contributed by atoms with van der Waals surface area (Å²) >= 11 is 0. The van der Waals surface area contributed by atoms with E-state index in [4.69, 9.17) is 4.74 Å². The summed E-state index contributed by atoms with van der Waals surface area (Å²) in [7, 11) is -3.77. The Hall–Kier alpha value is -2.45. The van der Waals surface area contributed by atoms with E-state index in [1.165, 1.54) is 0 Å². The van der Waals surface area contributed by atoms with Crippen molar-refractivity contribution in [1.29, 1.82) is 0 Å². The predicted octanol–water partition coefficient (Wildman–Crippen LogP) is 3.77. The summed E-state index contributed by atoms with van der Waals surface area (Å²) in [5, 5.41) is 0. The van der Waals surface area contributed by atoms with Crippen LogP contribution in [0.25, 0.3) is 0 Å². The zero-order valence-corrected chi connectivity index (χ0v) is 20.5. The Bertz CT molecular complexity index is 1150. The average Bonchev–Trinajstić information content (AvgIpc) is 3.49. The van der Waals surface area contributed by atoms with Crippen molar-refractivity contribution in [1.82, 2.24) is 9.29 Å². The number of aryl methyl sites for hydroxylation is 3. The van der Waals surface area contributed by atoms with E-state index in [1.54, 1.807) is 13.8 Å². The van der Waals surface area contributed by atoms with E-state index in [2.05, 4.69) is 9.29 Å². The van der Waals surface area contributed by atoms with Crippen molar-refractivity contribution in [2.24, 2.45) is 0 Å². The van der Waals surface area contributed by atoms with Crippen LogP contribution in [-0.2, 0) is 19.6 Å². The largest absolute Gasteiger partial charge is 0.457 e. The zero-order chi connectivity index (χ0) is 23.8. The maximum atomic E-state index is 12.8. The minimum absolute atomic E-state index is 0.0998. The molecule has 0 saturated heterocycles. The van der Waals surface area contributed by atoms with Gasteiger partial charge in [0.2, 0.25) is 15.8 Å². The van der Waals surface area contributed by atoms with Crippen LogP contribution in [0.4, 0.5) is 0 Å². The summed E-state index contributed by atoms with van der Waals surface area (Å²) in [5.74, 6) is -0.869. The average molecular weight is 461 g/mol. The first-order valence-electron chi connectivity index (χ1n) is 10.9. The molecule has 1 fully saturated rings. The molecule has 8 heteroatoms.